The molecule has 0 fully saturated rings. The topological polar surface area (TPSA) is 81.8 Å². The molecule has 1 aliphatic carbocycles. The molecule has 1 aliphatic heterocycles. The first-order chi connectivity index (χ1) is 20.3. The zero-order valence-electron chi connectivity index (χ0n) is 21.9. The second-order valence-electron chi connectivity index (χ2n) is 10.3. The average Bonchev–Trinajstić information content (AvgIpc) is 3.67. The number of nitrogens with zero attached hydrogens (tertiary/aromatic N) is 1. The number of aliphatic carboxylic acids is 1. The molecule has 1 N–H and O–H groups in total. The van der Waals surface area contributed by atoms with E-state index in [4.69, 9.17) is 14.6 Å². The van der Waals surface area contributed by atoms with Crippen molar-refractivity contribution in [3.05, 3.63) is 88.4 Å². The van der Waals surface area contributed by atoms with E-state index in [2.05, 4.69) is 9.68 Å². The standard InChI is InChI=1S/C30H20F7NO5/c31-21-11-20(29(32,33)34)27(15-3-1-14(2-4-15)22-12-25(43-38-22)30(35,36)37)19-7-8-23(28(19)21)42-17-5-6-18-16(9-26(39)40)13-41-24(18)10-17/h1-6,10-12,16,23H,7-9,13H2,(H,39,40)/t16-,23-/m1/s1. The quantitative estimate of drug-likeness (QED) is 0.223. The third-order valence-electron chi connectivity index (χ3n) is 7.53. The van der Waals surface area contributed by atoms with Crippen molar-refractivity contribution in [3.63, 3.8) is 0 Å². The Morgan fingerprint density at radius 1 is 0.977 bits per heavy atom. The maximum absolute atomic E-state index is 15.3. The number of aromatic nitrogens is 1. The molecule has 224 valence electrons. The van der Waals surface area contributed by atoms with Crippen molar-refractivity contribution in [1.82, 2.24) is 5.16 Å². The van der Waals surface area contributed by atoms with Crippen LogP contribution in [0.1, 0.15) is 52.9 Å². The molecule has 2 atom stereocenters. The number of hydrogen-bond donors (Lipinski definition) is 1. The predicted octanol–water partition coefficient (Wildman–Crippen LogP) is 8.20. The van der Waals surface area contributed by atoms with Crippen molar-refractivity contribution in [3.8, 4) is 33.9 Å². The van der Waals surface area contributed by atoms with Crippen LogP contribution in [0.3, 0.4) is 0 Å². The summed E-state index contributed by atoms with van der Waals surface area (Å²) >= 11 is 0. The van der Waals surface area contributed by atoms with E-state index in [-0.39, 0.29) is 71.0 Å². The number of halogens is 7. The number of carboxylic acids is 1. The molecule has 2 heterocycles. The maximum atomic E-state index is 15.3. The highest BCUT2D eigenvalue weighted by atomic mass is 19.4. The fourth-order valence-electron chi connectivity index (χ4n) is 5.64. The lowest BCUT2D eigenvalue weighted by atomic mass is 9.90. The molecular weight excluding hydrogens is 587 g/mol. The zero-order valence-corrected chi connectivity index (χ0v) is 21.9. The summed E-state index contributed by atoms with van der Waals surface area (Å²) in [5.41, 5.74) is -0.536. The summed E-state index contributed by atoms with van der Waals surface area (Å²) < 4.78 is 112. The second-order valence-corrected chi connectivity index (χ2v) is 10.3. The normalized spacial score (nSPS) is 17.8. The third-order valence-corrected chi connectivity index (χ3v) is 7.53. The summed E-state index contributed by atoms with van der Waals surface area (Å²) in [7, 11) is 0. The fraction of sp³-hybridized carbons (Fsp3) is 0.267. The SMILES string of the molecule is O=C(O)C[C@@H]1COc2cc(O[C@@H]3CCc4c(-c5ccc(-c6cc(C(F)(F)F)on6)cc5)c(C(F)(F)F)cc(F)c43)ccc21. The number of carboxylic acid groups (broad SMARTS) is 1. The van der Waals surface area contributed by atoms with E-state index in [0.717, 1.165) is 0 Å². The van der Waals surface area contributed by atoms with Gasteiger partial charge >= 0.3 is 18.3 Å². The molecule has 3 aromatic carbocycles. The van der Waals surface area contributed by atoms with Gasteiger partial charge in [-0.1, -0.05) is 35.5 Å². The Morgan fingerprint density at radius 2 is 1.70 bits per heavy atom. The summed E-state index contributed by atoms with van der Waals surface area (Å²) in [5, 5.41) is 12.5. The van der Waals surface area contributed by atoms with Crippen LogP contribution in [0.25, 0.3) is 22.4 Å². The van der Waals surface area contributed by atoms with Gasteiger partial charge in [0.25, 0.3) is 0 Å². The van der Waals surface area contributed by atoms with Crippen molar-refractivity contribution < 1.29 is 54.6 Å². The average molecular weight is 607 g/mol. The molecule has 6 nitrogen and oxygen atoms in total. The van der Waals surface area contributed by atoms with Gasteiger partial charge in [0.15, 0.2) is 0 Å². The van der Waals surface area contributed by atoms with Crippen molar-refractivity contribution in [2.24, 2.45) is 0 Å². The summed E-state index contributed by atoms with van der Waals surface area (Å²) in [6.45, 7) is 0.175. The zero-order chi connectivity index (χ0) is 30.7. The first-order valence-electron chi connectivity index (χ1n) is 13.0. The van der Waals surface area contributed by atoms with Crippen molar-refractivity contribution in [2.75, 3.05) is 6.61 Å². The van der Waals surface area contributed by atoms with E-state index < -0.39 is 41.6 Å². The molecule has 0 amide bonds. The minimum Gasteiger partial charge on any atom is -0.492 e. The van der Waals surface area contributed by atoms with E-state index >= 15 is 4.39 Å². The van der Waals surface area contributed by atoms with Crippen molar-refractivity contribution >= 4 is 5.97 Å². The van der Waals surface area contributed by atoms with Crippen LogP contribution in [0.15, 0.2) is 59.1 Å². The van der Waals surface area contributed by atoms with Crippen LogP contribution < -0.4 is 9.47 Å². The highest BCUT2D eigenvalue weighted by Crippen LogP contribution is 2.48. The summed E-state index contributed by atoms with van der Waals surface area (Å²) in [6, 6.07) is 11.1. The molecule has 4 aromatic rings. The molecule has 2 aliphatic rings. The number of rotatable bonds is 6. The smallest absolute Gasteiger partial charge is 0.452 e. The van der Waals surface area contributed by atoms with Crippen LogP contribution in [-0.2, 0) is 23.6 Å². The van der Waals surface area contributed by atoms with Crippen LogP contribution in [0.5, 0.6) is 11.5 Å². The number of carbonyl (C=O) groups is 1. The van der Waals surface area contributed by atoms with Gasteiger partial charge in [-0.3, -0.25) is 4.79 Å². The second kappa shape index (κ2) is 10.3. The van der Waals surface area contributed by atoms with E-state index in [9.17, 15) is 31.1 Å². The van der Waals surface area contributed by atoms with Gasteiger partial charge in [0, 0.05) is 34.7 Å². The van der Waals surface area contributed by atoms with Gasteiger partial charge in [0.1, 0.15) is 29.1 Å². The van der Waals surface area contributed by atoms with E-state index in [1.807, 2.05) is 0 Å². The van der Waals surface area contributed by atoms with E-state index in [1.54, 1.807) is 18.2 Å². The molecular formula is C30H20F7NO5. The Kier molecular flexibility index (Phi) is 6.85. The molecule has 0 spiro atoms. The molecule has 1 aromatic heterocycles. The minimum absolute atomic E-state index is 0.0245. The number of benzene rings is 3. The Morgan fingerprint density at radius 3 is 2.35 bits per heavy atom. The molecule has 0 unspecified atom stereocenters. The monoisotopic (exact) mass is 607 g/mol. The number of ether oxygens (including phenoxy) is 2. The maximum Gasteiger partial charge on any atom is 0.452 e. The Bertz CT molecular complexity index is 1710. The highest BCUT2D eigenvalue weighted by Gasteiger charge is 2.41. The van der Waals surface area contributed by atoms with Gasteiger partial charge in [-0.25, -0.2) is 4.39 Å². The van der Waals surface area contributed by atoms with Gasteiger partial charge in [0.05, 0.1) is 18.6 Å². The number of fused-ring (bicyclic) bond motifs is 2. The summed E-state index contributed by atoms with van der Waals surface area (Å²) in [5.74, 6) is -3.00. The lowest BCUT2D eigenvalue weighted by molar-refractivity contribution is -0.155. The molecule has 0 saturated carbocycles. The molecule has 6 rings (SSSR count). The van der Waals surface area contributed by atoms with Gasteiger partial charge in [-0.2, -0.15) is 26.3 Å². The summed E-state index contributed by atoms with van der Waals surface area (Å²) in [4.78, 5) is 11.1. The Balaban J connectivity index is 1.33. The lowest BCUT2D eigenvalue weighted by Crippen LogP contribution is -2.12. The van der Waals surface area contributed by atoms with Crippen molar-refractivity contribution in [1.29, 1.82) is 0 Å². The highest BCUT2D eigenvalue weighted by molar-refractivity contribution is 5.76. The first kappa shape index (κ1) is 28.6. The largest absolute Gasteiger partial charge is 0.492 e. The lowest BCUT2D eigenvalue weighted by Gasteiger charge is -2.21. The van der Waals surface area contributed by atoms with Crippen molar-refractivity contribution in [2.45, 2.75) is 43.6 Å². The Labute approximate surface area is 238 Å². The first-order valence-corrected chi connectivity index (χ1v) is 13.0. The van der Waals surface area contributed by atoms with Crippen LogP contribution in [0.2, 0.25) is 0 Å². The van der Waals surface area contributed by atoms with E-state index in [1.165, 1.54) is 24.3 Å². The van der Waals surface area contributed by atoms with Gasteiger partial charge in [0.2, 0.25) is 5.76 Å². The number of alkyl halides is 6. The van der Waals surface area contributed by atoms with E-state index in [0.29, 0.717) is 23.4 Å². The van der Waals surface area contributed by atoms with Crippen LogP contribution >= 0.6 is 0 Å². The van der Waals surface area contributed by atoms with Crippen LogP contribution in [0, 0.1) is 5.82 Å². The molecule has 13 heteroatoms. The summed E-state index contributed by atoms with van der Waals surface area (Å²) in [6.07, 6.45) is -10.4. The molecule has 0 saturated heterocycles. The van der Waals surface area contributed by atoms with Gasteiger partial charge < -0.3 is 19.1 Å². The minimum atomic E-state index is -4.90. The molecule has 0 radical (unpaired) electrons. The predicted molar refractivity (Wildman–Crippen MR) is 136 cm³/mol. The third kappa shape index (κ3) is 5.39. The van der Waals surface area contributed by atoms with Crippen LogP contribution in [-0.4, -0.2) is 22.8 Å². The van der Waals surface area contributed by atoms with Gasteiger partial charge in [-0.15, -0.1) is 0 Å². The molecule has 43 heavy (non-hydrogen) atoms. The van der Waals surface area contributed by atoms with Gasteiger partial charge in [-0.05, 0) is 41.7 Å². The number of hydrogen-bond acceptors (Lipinski definition) is 5. The Hall–Kier alpha value is -4.55. The fourth-order valence-corrected chi connectivity index (χ4v) is 5.64. The molecule has 0 bridgehead atoms. The van der Waals surface area contributed by atoms with Crippen LogP contribution in [0.4, 0.5) is 30.7 Å².